The van der Waals surface area contributed by atoms with Gasteiger partial charge in [0, 0.05) is 76.7 Å². The summed E-state index contributed by atoms with van der Waals surface area (Å²) in [4.78, 5) is 25.7. The maximum Gasteiger partial charge on any atom is 0.225 e. The van der Waals surface area contributed by atoms with Crippen molar-refractivity contribution in [3.8, 4) is 11.1 Å². The number of rotatable bonds is 10. The Morgan fingerprint density at radius 2 is 1.84 bits per heavy atom. The van der Waals surface area contributed by atoms with Gasteiger partial charge in [0.1, 0.15) is 0 Å². The van der Waals surface area contributed by atoms with Crippen LogP contribution in [-0.2, 0) is 17.8 Å². The maximum absolute atomic E-state index is 6.10. The fraction of sp³-hybridized carbons (Fsp3) is 0.433. The van der Waals surface area contributed by atoms with Gasteiger partial charge in [0.2, 0.25) is 11.6 Å². The predicted octanol–water partition coefficient (Wildman–Crippen LogP) is 3.00. The van der Waals surface area contributed by atoms with Crippen LogP contribution in [0, 0.1) is 0 Å². The Balaban J connectivity index is 1.09. The number of hydrogen-bond donors (Lipinski definition) is 0. The van der Waals surface area contributed by atoms with E-state index in [1.54, 1.807) is 15.9 Å². The number of likely N-dealkylation sites (N-methyl/N-ethyl adjacent to an activating group) is 1. The average molecular weight is 709 g/mol. The van der Waals surface area contributed by atoms with Crippen molar-refractivity contribution in [2.45, 2.75) is 26.1 Å². The molecule has 2 aliphatic rings. The number of aromatic nitrogens is 7. The minimum atomic E-state index is -0.133. The zero-order chi connectivity index (χ0) is 30.5. The van der Waals surface area contributed by atoms with Gasteiger partial charge in [-0.15, -0.1) is 5.10 Å². The highest BCUT2D eigenvalue weighted by molar-refractivity contribution is 14.1. The lowest BCUT2D eigenvalue weighted by Crippen LogP contribution is -2.45. The Kier molecular flexibility index (Phi) is 9.69. The molecular weight excluding hydrogens is 671 g/mol. The van der Waals surface area contributed by atoms with Crippen LogP contribution in [-0.4, -0.2) is 120 Å². The topological polar surface area (TPSA) is 117 Å². The van der Waals surface area contributed by atoms with Gasteiger partial charge in [-0.2, -0.15) is 5.10 Å². The summed E-state index contributed by atoms with van der Waals surface area (Å²) in [5.74, 6) is 0.690. The zero-order valence-electron chi connectivity index (χ0n) is 25.1. The number of fused-ring (bicyclic) bond motifs is 1. The highest BCUT2D eigenvalue weighted by atomic mass is 127. The van der Waals surface area contributed by atoms with Gasteiger partial charge in [0.25, 0.3) is 0 Å². The number of piperazine rings is 1. The van der Waals surface area contributed by atoms with Crippen molar-refractivity contribution in [1.29, 1.82) is 0 Å². The number of ether oxygens (including phenoxy) is 1. The summed E-state index contributed by atoms with van der Waals surface area (Å²) in [6.07, 6.45) is 7.26. The lowest BCUT2D eigenvalue weighted by molar-refractivity contribution is 0.0272. The molecule has 0 saturated carbocycles. The molecule has 1 atom stereocenters. The van der Waals surface area contributed by atoms with Crippen molar-refractivity contribution in [3.05, 3.63) is 60.3 Å². The predicted molar refractivity (Wildman–Crippen MR) is 179 cm³/mol. The van der Waals surface area contributed by atoms with Crippen LogP contribution in [0.1, 0.15) is 18.2 Å². The molecule has 13 nitrogen and oxygen atoms in total. The molecule has 230 valence electrons. The largest absolute Gasteiger partial charge is 0.373 e. The van der Waals surface area contributed by atoms with Gasteiger partial charge >= 0.3 is 0 Å². The number of allylic oxidation sites excluding steroid dienone is 1. The van der Waals surface area contributed by atoms with Gasteiger partial charge in [0.05, 0.1) is 35.7 Å². The van der Waals surface area contributed by atoms with E-state index in [1.165, 1.54) is 5.56 Å². The first-order valence-electron chi connectivity index (χ1n) is 14.7. The number of morpholine rings is 1. The van der Waals surface area contributed by atoms with E-state index >= 15 is 0 Å². The standard InChI is InChI=1S/C30H37IN12O/c1-22(17-42(21-31)32-2)27-16-33-28-29(36-27)43(38-37-28)20-26-19-41(12-13-44-26)30-34-14-25(15-35-30)24-6-4-23(5-7-24)18-40-10-8-39(3)9-11-40/h4-7,14-17,26H,2,8-13,18-21H2,1,3H3/b22-17+/t26-/m0/s1. The summed E-state index contributed by atoms with van der Waals surface area (Å²) in [7, 11) is 2.19. The Morgan fingerprint density at radius 3 is 2.57 bits per heavy atom. The summed E-state index contributed by atoms with van der Waals surface area (Å²) in [6, 6.07) is 8.76. The molecule has 2 aliphatic heterocycles. The van der Waals surface area contributed by atoms with E-state index in [-0.39, 0.29) is 6.10 Å². The first-order valence-corrected chi connectivity index (χ1v) is 16.2. The van der Waals surface area contributed by atoms with Crippen molar-refractivity contribution in [3.63, 3.8) is 0 Å². The van der Waals surface area contributed by atoms with E-state index in [9.17, 15) is 0 Å². The first kappa shape index (κ1) is 30.4. The SMILES string of the molecule is C=NN(/C=C(\C)c1cnc2nnn(C[C@@H]3CN(c4ncc(-c5ccc(CN6CCN(C)CC6)cc5)cn4)CCO3)c2n1)CI. The van der Waals surface area contributed by atoms with E-state index in [2.05, 4.69) is 95.7 Å². The molecule has 0 spiro atoms. The molecule has 2 fully saturated rings. The summed E-state index contributed by atoms with van der Waals surface area (Å²) in [6.45, 7) is 13.4. The third kappa shape index (κ3) is 7.20. The number of alkyl halides is 1. The lowest BCUT2D eigenvalue weighted by Gasteiger charge is -2.32. The quantitative estimate of drug-likeness (QED) is 0.0797. The van der Waals surface area contributed by atoms with E-state index in [0.717, 1.165) is 55.1 Å². The Labute approximate surface area is 270 Å². The highest BCUT2D eigenvalue weighted by Crippen LogP contribution is 2.22. The molecule has 2 saturated heterocycles. The van der Waals surface area contributed by atoms with Crippen LogP contribution in [0.5, 0.6) is 0 Å². The average Bonchev–Trinajstić information content (AvgIpc) is 3.47. The molecule has 0 N–H and O–H groups in total. The number of nitrogens with zero attached hydrogens (tertiary/aromatic N) is 12. The monoisotopic (exact) mass is 708 g/mol. The second-order valence-electron chi connectivity index (χ2n) is 11.2. The number of hydrogen-bond acceptors (Lipinski definition) is 12. The fourth-order valence-electron chi connectivity index (χ4n) is 5.38. The van der Waals surface area contributed by atoms with Gasteiger partial charge in [-0.05, 0) is 30.7 Å². The second-order valence-corrected chi connectivity index (χ2v) is 11.9. The van der Waals surface area contributed by atoms with Crippen LogP contribution in [0.4, 0.5) is 5.95 Å². The molecule has 6 rings (SSSR count). The molecule has 1 aromatic carbocycles. The van der Waals surface area contributed by atoms with Gasteiger partial charge in [-0.3, -0.25) is 9.91 Å². The van der Waals surface area contributed by atoms with E-state index in [0.29, 0.717) is 48.0 Å². The van der Waals surface area contributed by atoms with Crippen LogP contribution < -0.4 is 4.90 Å². The molecule has 4 aromatic rings. The molecule has 14 heteroatoms. The van der Waals surface area contributed by atoms with Crippen LogP contribution >= 0.6 is 22.6 Å². The van der Waals surface area contributed by atoms with Crippen LogP contribution in [0.15, 0.2) is 54.2 Å². The summed E-state index contributed by atoms with van der Waals surface area (Å²) in [5.41, 5.74) is 6.19. The van der Waals surface area contributed by atoms with Crippen molar-refractivity contribution < 1.29 is 4.74 Å². The van der Waals surface area contributed by atoms with Crippen LogP contribution in [0.3, 0.4) is 0 Å². The third-order valence-corrected chi connectivity index (χ3v) is 8.70. The van der Waals surface area contributed by atoms with E-state index in [1.807, 2.05) is 25.5 Å². The molecule has 3 aromatic heterocycles. The molecule has 0 radical (unpaired) electrons. The third-order valence-electron chi connectivity index (χ3n) is 8.00. The molecule has 0 aliphatic carbocycles. The number of benzene rings is 1. The maximum atomic E-state index is 6.10. The van der Waals surface area contributed by atoms with Crippen LogP contribution in [0.25, 0.3) is 28.0 Å². The van der Waals surface area contributed by atoms with E-state index in [4.69, 9.17) is 19.7 Å². The van der Waals surface area contributed by atoms with E-state index < -0.39 is 0 Å². The van der Waals surface area contributed by atoms with Crippen molar-refractivity contribution in [1.82, 2.24) is 49.7 Å². The smallest absolute Gasteiger partial charge is 0.225 e. The van der Waals surface area contributed by atoms with Gasteiger partial charge < -0.3 is 14.5 Å². The second kappa shape index (κ2) is 14.0. The number of hydrazone groups is 1. The Bertz CT molecular complexity index is 1580. The van der Waals surface area contributed by atoms with Gasteiger partial charge in [-0.1, -0.05) is 52.1 Å². The molecular formula is C30H37IN12O. The normalized spacial score (nSPS) is 18.6. The highest BCUT2D eigenvalue weighted by Gasteiger charge is 2.24. The zero-order valence-corrected chi connectivity index (χ0v) is 27.3. The van der Waals surface area contributed by atoms with Gasteiger partial charge in [-0.25, -0.2) is 24.6 Å². The van der Waals surface area contributed by atoms with Crippen molar-refractivity contribution >= 4 is 52.1 Å². The minimum Gasteiger partial charge on any atom is -0.373 e. The minimum absolute atomic E-state index is 0.133. The fourth-order valence-corrected chi connectivity index (χ4v) is 5.79. The lowest BCUT2D eigenvalue weighted by atomic mass is 10.1. The number of halogens is 1. The molecule has 5 heterocycles. The molecule has 44 heavy (non-hydrogen) atoms. The first-order chi connectivity index (χ1) is 21.5. The molecule has 0 unspecified atom stereocenters. The summed E-state index contributed by atoms with van der Waals surface area (Å²) < 4.78 is 8.53. The van der Waals surface area contributed by atoms with Crippen molar-refractivity contribution in [2.75, 3.05) is 62.4 Å². The van der Waals surface area contributed by atoms with Gasteiger partial charge in [0.15, 0.2) is 5.65 Å². The Hall–Kier alpha value is -3.60. The van der Waals surface area contributed by atoms with Crippen molar-refractivity contribution in [2.24, 2.45) is 5.10 Å². The molecule has 0 bridgehead atoms. The Morgan fingerprint density at radius 1 is 1.07 bits per heavy atom. The number of anilines is 1. The molecule has 0 amide bonds. The summed E-state index contributed by atoms with van der Waals surface area (Å²) >= 11 is 2.23. The summed E-state index contributed by atoms with van der Waals surface area (Å²) in [5, 5.41) is 14.2. The van der Waals surface area contributed by atoms with Crippen LogP contribution in [0.2, 0.25) is 0 Å².